The molecule has 0 bridgehead atoms. The molecule has 0 aliphatic carbocycles. The van der Waals surface area contributed by atoms with Gasteiger partial charge >= 0.3 is 0 Å². The van der Waals surface area contributed by atoms with Crippen LogP contribution in [-0.2, 0) is 17.9 Å². The molecule has 0 saturated carbocycles. The van der Waals surface area contributed by atoms with Crippen molar-refractivity contribution in [3.63, 3.8) is 0 Å². The average Bonchev–Trinajstić information content (AvgIpc) is 3.08. The molecule has 1 saturated heterocycles. The standard InChI is InChI=1S/C21H28N2O2/c1-17-8-6-9-18(2)23(17)21(24)16-22(15-20-12-7-13-25-20)14-19-10-4-3-5-11-19/h3-5,7,10-13,17-18H,6,8-9,14-16H2,1-2H3. The van der Waals surface area contributed by atoms with Gasteiger partial charge in [0.25, 0.3) is 0 Å². The molecule has 1 aromatic carbocycles. The second-order valence-corrected chi connectivity index (χ2v) is 7.14. The van der Waals surface area contributed by atoms with Gasteiger partial charge < -0.3 is 9.32 Å². The van der Waals surface area contributed by atoms with E-state index in [1.54, 1.807) is 6.26 Å². The molecule has 1 aliphatic rings. The predicted molar refractivity (Wildman–Crippen MR) is 98.9 cm³/mol. The molecule has 4 heteroatoms. The summed E-state index contributed by atoms with van der Waals surface area (Å²) in [6.45, 7) is 6.14. The van der Waals surface area contributed by atoms with Crippen LogP contribution in [0.4, 0.5) is 0 Å². The summed E-state index contributed by atoms with van der Waals surface area (Å²) in [7, 11) is 0. The highest BCUT2D eigenvalue weighted by atomic mass is 16.3. The van der Waals surface area contributed by atoms with Crippen LogP contribution in [0.3, 0.4) is 0 Å². The zero-order chi connectivity index (χ0) is 17.6. The van der Waals surface area contributed by atoms with Crippen LogP contribution in [0.15, 0.2) is 53.1 Å². The largest absolute Gasteiger partial charge is 0.468 e. The lowest BCUT2D eigenvalue weighted by Gasteiger charge is -2.40. The van der Waals surface area contributed by atoms with Crippen molar-refractivity contribution in [2.75, 3.05) is 6.54 Å². The SMILES string of the molecule is CC1CCCC(C)N1C(=O)CN(Cc1ccccc1)Cc1ccco1. The number of carbonyl (C=O) groups excluding carboxylic acids is 1. The normalized spacial score (nSPS) is 20.8. The number of carbonyl (C=O) groups is 1. The van der Waals surface area contributed by atoms with Crippen LogP contribution < -0.4 is 0 Å². The van der Waals surface area contributed by atoms with Gasteiger partial charge in [-0.25, -0.2) is 0 Å². The molecule has 1 aromatic heterocycles. The van der Waals surface area contributed by atoms with E-state index >= 15 is 0 Å². The van der Waals surface area contributed by atoms with E-state index in [2.05, 4.69) is 35.8 Å². The van der Waals surface area contributed by atoms with Gasteiger partial charge in [0.15, 0.2) is 0 Å². The Morgan fingerprint density at radius 2 is 1.80 bits per heavy atom. The molecule has 25 heavy (non-hydrogen) atoms. The van der Waals surface area contributed by atoms with E-state index in [1.807, 2.05) is 30.3 Å². The number of amides is 1. The van der Waals surface area contributed by atoms with Gasteiger partial charge in [0.1, 0.15) is 5.76 Å². The summed E-state index contributed by atoms with van der Waals surface area (Å²) in [5.41, 5.74) is 1.21. The van der Waals surface area contributed by atoms with Gasteiger partial charge in [0.2, 0.25) is 5.91 Å². The highest BCUT2D eigenvalue weighted by molar-refractivity contribution is 5.79. The van der Waals surface area contributed by atoms with Crippen molar-refractivity contribution in [2.45, 2.75) is 58.3 Å². The number of likely N-dealkylation sites (tertiary alicyclic amines) is 1. The molecule has 2 heterocycles. The second-order valence-electron chi connectivity index (χ2n) is 7.14. The third-order valence-electron chi connectivity index (χ3n) is 5.05. The average molecular weight is 340 g/mol. The summed E-state index contributed by atoms with van der Waals surface area (Å²) in [5, 5.41) is 0. The molecule has 1 fully saturated rings. The number of nitrogens with zero attached hydrogens (tertiary/aromatic N) is 2. The van der Waals surface area contributed by atoms with Gasteiger partial charge in [-0.2, -0.15) is 0 Å². The van der Waals surface area contributed by atoms with Gasteiger partial charge in [0.05, 0.1) is 19.4 Å². The number of hydrogen-bond acceptors (Lipinski definition) is 3. The Morgan fingerprint density at radius 3 is 2.44 bits per heavy atom. The van der Waals surface area contributed by atoms with Crippen LogP contribution in [0.2, 0.25) is 0 Å². The lowest BCUT2D eigenvalue weighted by atomic mass is 9.97. The maximum Gasteiger partial charge on any atom is 0.237 e. The summed E-state index contributed by atoms with van der Waals surface area (Å²) >= 11 is 0. The molecule has 4 nitrogen and oxygen atoms in total. The minimum absolute atomic E-state index is 0.224. The lowest BCUT2D eigenvalue weighted by Crippen LogP contribution is -2.50. The molecule has 0 spiro atoms. The fraction of sp³-hybridized carbons (Fsp3) is 0.476. The van der Waals surface area contributed by atoms with Crippen LogP contribution in [0.1, 0.15) is 44.4 Å². The van der Waals surface area contributed by atoms with Crippen LogP contribution in [0.5, 0.6) is 0 Å². The molecule has 1 amide bonds. The van der Waals surface area contributed by atoms with Crippen LogP contribution in [0, 0.1) is 0 Å². The van der Waals surface area contributed by atoms with Gasteiger partial charge in [-0.15, -0.1) is 0 Å². The Hall–Kier alpha value is -2.07. The Bertz CT molecular complexity index is 644. The van der Waals surface area contributed by atoms with E-state index in [0.717, 1.165) is 25.1 Å². The maximum absolute atomic E-state index is 13.0. The Balaban J connectivity index is 1.70. The number of piperidine rings is 1. The molecule has 1 aliphatic heterocycles. The van der Waals surface area contributed by atoms with Crippen molar-refractivity contribution >= 4 is 5.91 Å². The second kappa shape index (κ2) is 8.34. The molecule has 2 atom stereocenters. The minimum atomic E-state index is 0.224. The smallest absolute Gasteiger partial charge is 0.237 e. The van der Waals surface area contributed by atoms with Crippen molar-refractivity contribution in [3.05, 3.63) is 60.1 Å². The molecule has 134 valence electrons. The first-order valence-corrected chi connectivity index (χ1v) is 9.23. The van der Waals surface area contributed by atoms with E-state index < -0.39 is 0 Å². The van der Waals surface area contributed by atoms with Crippen molar-refractivity contribution in [1.82, 2.24) is 9.80 Å². The zero-order valence-corrected chi connectivity index (χ0v) is 15.2. The number of furan rings is 1. The van der Waals surface area contributed by atoms with E-state index in [1.165, 1.54) is 12.0 Å². The Morgan fingerprint density at radius 1 is 1.08 bits per heavy atom. The zero-order valence-electron chi connectivity index (χ0n) is 15.2. The highest BCUT2D eigenvalue weighted by Crippen LogP contribution is 2.23. The van der Waals surface area contributed by atoms with Gasteiger partial charge in [-0.1, -0.05) is 30.3 Å². The number of benzene rings is 1. The monoisotopic (exact) mass is 340 g/mol. The number of hydrogen-bond donors (Lipinski definition) is 0. The number of rotatable bonds is 6. The van der Waals surface area contributed by atoms with E-state index in [0.29, 0.717) is 25.2 Å². The van der Waals surface area contributed by atoms with Crippen molar-refractivity contribution in [1.29, 1.82) is 0 Å². The van der Waals surface area contributed by atoms with Gasteiger partial charge in [-0.3, -0.25) is 9.69 Å². The summed E-state index contributed by atoms with van der Waals surface area (Å²) in [4.78, 5) is 17.3. The molecule has 0 radical (unpaired) electrons. The highest BCUT2D eigenvalue weighted by Gasteiger charge is 2.29. The van der Waals surface area contributed by atoms with Crippen LogP contribution >= 0.6 is 0 Å². The Labute approximate surface area is 150 Å². The molecular formula is C21H28N2O2. The predicted octanol–water partition coefficient (Wildman–Crippen LogP) is 4.07. The van der Waals surface area contributed by atoms with E-state index in [9.17, 15) is 4.79 Å². The summed E-state index contributed by atoms with van der Waals surface area (Å²) in [6, 6.07) is 14.8. The third-order valence-corrected chi connectivity index (χ3v) is 5.05. The van der Waals surface area contributed by atoms with Crippen molar-refractivity contribution in [3.8, 4) is 0 Å². The fourth-order valence-electron chi connectivity index (χ4n) is 3.82. The fourth-order valence-corrected chi connectivity index (χ4v) is 3.82. The first-order valence-electron chi connectivity index (χ1n) is 9.23. The summed E-state index contributed by atoms with van der Waals surface area (Å²) in [5.74, 6) is 1.12. The maximum atomic E-state index is 13.0. The molecule has 2 unspecified atom stereocenters. The van der Waals surface area contributed by atoms with Crippen molar-refractivity contribution < 1.29 is 9.21 Å². The topological polar surface area (TPSA) is 36.7 Å². The molecule has 3 rings (SSSR count). The van der Waals surface area contributed by atoms with Crippen molar-refractivity contribution in [2.24, 2.45) is 0 Å². The third kappa shape index (κ3) is 4.73. The van der Waals surface area contributed by atoms with Gasteiger partial charge in [-0.05, 0) is 50.8 Å². The quantitative estimate of drug-likeness (QED) is 0.795. The van der Waals surface area contributed by atoms with E-state index in [-0.39, 0.29) is 5.91 Å². The summed E-state index contributed by atoms with van der Waals surface area (Å²) < 4.78 is 5.50. The molecule has 2 aromatic rings. The molecular weight excluding hydrogens is 312 g/mol. The first-order chi connectivity index (χ1) is 12.1. The first kappa shape index (κ1) is 17.7. The summed E-state index contributed by atoms with van der Waals surface area (Å²) in [6.07, 6.45) is 5.11. The van der Waals surface area contributed by atoms with Crippen LogP contribution in [0.25, 0.3) is 0 Å². The van der Waals surface area contributed by atoms with Crippen LogP contribution in [-0.4, -0.2) is 34.3 Å². The Kier molecular flexibility index (Phi) is 5.92. The molecule has 0 N–H and O–H groups in total. The minimum Gasteiger partial charge on any atom is -0.468 e. The van der Waals surface area contributed by atoms with Gasteiger partial charge in [0, 0.05) is 18.6 Å². The lowest BCUT2D eigenvalue weighted by molar-refractivity contribution is -0.138. The van der Waals surface area contributed by atoms with E-state index in [4.69, 9.17) is 4.42 Å².